The highest BCUT2D eigenvalue weighted by molar-refractivity contribution is 6.09. The van der Waals surface area contributed by atoms with Gasteiger partial charge in [-0.2, -0.15) is 0 Å². The number of carbonyl (C=O) groups excluding carboxylic acids is 2. The number of fused-ring (bicyclic) bond motifs is 1. The molecule has 6 nitrogen and oxygen atoms in total. The van der Waals surface area contributed by atoms with Crippen LogP contribution in [0, 0.1) is 17.8 Å². The Kier molecular flexibility index (Phi) is 6.79. The van der Waals surface area contributed by atoms with Crippen LogP contribution < -0.4 is 5.32 Å². The first kappa shape index (κ1) is 22.7. The number of carboxylic acid groups (broad SMARTS) is 1. The van der Waals surface area contributed by atoms with Crippen molar-refractivity contribution < 1.29 is 19.5 Å². The Morgan fingerprint density at radius 3 is 2.53 bits per heavy atom. The molecule has 3 aliphatic rings. The van der Waals surface area contributed by atoms with E-state index in [9.17, 15) is 19.5 Å². The molecule has 1 saturated carbocycles. The molecule has 4 atom stereocenters. The number of hydrogen-bond acceptors (Lipinski definition) is 4. The fourth-order valence-electron chi connectivity index (χ4n) is 5.91. The molecule has 1 aromatic rings. The Balaban J connectivity index is 1.69. The van der Waals surface area contributed by atoms with E-state index in [2.05, 4.69) is 5.32 Å². The number of amides is 2. The monoisotopic (exact) mass is 438 g/mol. The normalized spacial score (nSPS) is 30.9. The second-order valence-corrected chi connectivity index (χ2v) is 9.61. The summed E-state index contributed by atoms with van der Waals surface area (Å²) in [4.78, 5) is 40.9. The summed E-state index contributed by atoms with van der Waals surface area (Å²) in [6.45, 7) is 2.39. The molecular weight excluding hydrogens is 404 g/mol. The summed E-state index contributed by atoms with van der Waals surface area (Å²) in [7, 11) is 0. The Labute approximate surface area is 190 Å². The van der Waals surface area contributed by atoms with Crippen LogP contribution in [0.1, 0.15) is 63.9 Å². The van der Waals surface area contributed by atoms with Crippen LogP contribution in [0.5, 0.6) is 0 Å². The zero-order valence-electron chi connectivity index (χ0n) is 18.8. The molecule has 2 saturated heterocycles. The Morgan fingerprint density at radius 2 is 1.88 bits per heavy atom. The zero-order valence-corrected chi connectivity index (χ0v) is 18.8. The van der Waals surface area contributed by atoms with E-state index < -0.39 is 29.4 Å². The maximum Gasteiger partial charge on any atom is 0.324 e. The second kappa shape index (κ2) is 9.57. The van der Waals surface area contributed by atoms with E-state index in [1.54, 1.807) is 0 Å². The largest absolute Gasteiger partial charge is 0.480 e. The van der Waals surface area contributed by atoms with Crippen LogP contribution >= 0.6 is 0 Å². The Hall–Kier alpha value is -2.47. The molecule has 32 heavy (non-hydrogen) atoms. The molecule has 2 amide bonds. The second-order valence-electron chi connectivity index (χ2n) is 9.61. The molecule has 3 fully saturated rings. The highest BCUT2D eigenvalue weighted by Crippen LogP contribution is 2.47. The van der Waals surface area contributed by atoms with Crippen molar-refractivity contribution in [3.8, 4) is 0 Å². The van der Waals surface area contributed by atoms with Crippen molar-refractivity contribution in [3.63, 3.8) is 0 Å². The quantitative estimate of drug-likeness (QED) is 0.602. The molecule has 2 N–H and O–H groups in total. The van der Waals surface area contributed by atoms with Crippen LogP contribution in [0.3, 0.4) is 0 Å². The summed E-state index contributed by atoms with van der Waals surface area (Å²) in [6.07, 6.45) is 11.2. The van der Waals surface area contributed by atoms with Gasteiger partial charge >= 0.3 is 5.97 Å². The number of carbonyl (C=O) groups is 3. The topological polar surface area (TPSA) is 86.7 Å². The van der Waals surface area contributed by atoms with Crippen molar-refractivity contribution in [1.82, 2.24) is 10.2 Å². The number of rotatable bonds is 8. The van der Waals surface area contributed by atoms with Crippen molar-refractivity contribution in [3.05, 3.63) is 42.0 Å². The van der Waals surface area contributed by atoms with E-state index in [4.69, 9.17) is 0 Å². The average Bonchev–Trinajstić information content (AvgIpc) is 3.26. The third-order valence-corrected chi connectivity index (χ3v) is 7.53. The molecule has 4 unspecified atom stereocenters. The lowest BCUT2D eigenvalue weighted by molar-refractivity contribution is -0.152. The fourth-order valence-corrected chi connectivity index (χ4v) is 5.91. The minimum absolute atomic E-state index is 0.226. The standard InChI is InChI=1S/C26H34N2O4/c1-2-3-16-28-23(29)21-20(15-14-18-10-6-4-7-11-18)27-26(25(31)32,22(21)24(28)30)17-19-12-8-5-9-13-19/h4,6-7,10-11,14-15,19-22,27H,2-3,5,8-9,12-13,16-17H2,1H3,(H,31,32). The molecule has 1 aliphatic carbocycles. The lowest BCUT2D eigenvalue weighted by atomic mass is 9.72. The summed E-state index contributed by atoms with van der Waals surface area (Å²) in [5.41, 5.74) is -0.419. The number of benzene rings is 1. The first-order chi connectivity index (χ1) is 15.5. The van der Waals surface area contributed by atoms with Crippen molar-refractivity contribution in [1.29, 1.82) is 0 Å². The number of nitrogens with one attached hydrogen (secondary N) is 1. The van der Waals surface area contributed by atoms with Gasteiger partial charge in [-0.15, -0.1) is 0 Å². The van der Waals surface area contributed by atoms with Gasteiger partial charge in [0.15, 0.2) is 0 Å². The third kappa shape index (κ3) is 4.13. The van der Waals surface area contributed by atoms with Gasteiger partial charge in [0.1, 0.15) is 5.54 Å². The predicted molar refractivity (Wildman–Crippen MR) is 123 cm³/mol. The molecule has 0 radical (unpaired) electrons. The van der Waals surface area contributed by atoms with Crippen LogP contribution in [0.2, 0.25) is 0 Å². The van der Waals surface area contributed by atoms with Crippen LogP contribution in [0.4, 0.5) is 0 Å². The van der Waals surface area contributed by atoms with Gasteiger partial charge in [-0.25, -0.2) is 0 Å². The average molecular weight is 439 g/mol. The molecule has 0 spiro atoms. The van der Waals surface area contributed by atoms with Gasteiger partial charge in [0.05, 0.1) is 11.8 Å². The maximum atomic E-state index is 13.5. The highest BCUT2D eigenvalue weighted by Gasteiger charge is 2.67. The molecule has 0 bridgehead atoms. The van der Waals surface area contributed by atoms with E-state index in [1.807, 2.05) is 49.4 Å². The zero-order chi connectivity index (χ0) is 22.7. The van der Waals surface area contributed by atoms with Crippen LogP contribution in [-0.4, -0.2) is 45.9 Å². The van der Waals surface area contributed by atoms with E-state index >= 15 is 0 Å². The number of likely N-dealkylation sites (tertiary alicyclic amines) is 1. The molecule has 172 valence electrons. The summed E-state index contributed by atoms with van der Waals surface area (Å²) >= 11 is 0. The van der Waals surface area contributed by atoms with E-state index in [0.717, 1.165) is 44.1 Å². The molecule has 6 heteroatoms. The molecule has 4 rings (SSSR count). The molecular formula is C26H34N2O4. The minimum atomic E-state index is -1.40. The SMILES string of the molecule is CCCCN1C(=O)C2C(C=Cc3ccccc3)NC(CC3CCCCC3)(C(=O)O)C2C1=O. The number of nitrogens with zero attached hydrogens (tertiary/aromatic N) is 1. The number of aliphatic carboxylic acids is 1. The van der Waals surface area contributed by atoms with E-state index in [-0.39, 0.29) is 17.7 Å². The number of hydrogen-bond donors (Lipinski definition) is 2. The summed E-state index contributed by atoms with van der Waals surface area (Å²) in [5, 5.41) is 13.7. The highest BCUT2D eigenvalue weighted by atomic mass is 16.4. The van der Waals surface area contributed by atoms with Crippen molar-refractivity contribution >= 4 is 23.9 Å². The molecule has 2 heterocycles. The predicted octanol–water partition coefficient (Wildman–Crippen LogP) is 3.87. The lowest BCUT2D eigenvalue weighted by Gasteiger charge is -2.35. The van der Waals surface area contributed by atoms with Crippen molar-refractivity contribution in [2.75, 3.05) is 6.54 Å². The Bertz CT molecular complexity index is 877. The third-order valence-electron chi connectivity index (χ3n) is 7.53. The first-order valence-electron chi connectivity index (χ1n) is 12.1. The number of imide groups is 1. The number of unbranched alkanes of at least 4 members (excludes halogenated alkanes) is 1. The van der Waals surface area contributed by atoms with Gasteiger partial charge in [0.25, 0.3) is 0 Å². The number of carboxylic acids is 1. The molecule has 2 aliphatic heterocycles. The van der Waals surface area contributed by atoms with Gasteiger partial charge in [-0.1, -0.05) is 87.9 Å². The maximum absolute atomic E-state index is 13.5. The van der Waals surface area contributed by atoms with Gasteiger partial charge in [-0.05, 0) is 24.3 Å². The smallest absolute Gasteiger partial charge is 0.324 e. The summed E-state index contributed by atoms with van der Waals surface area (Å²) in [5.74, 6) is -2.80. The van der Waals surface area contributed by atoms with E-state index in [0.29, 0.717) is 13.0 Å². The van der Waals surface area contributed by atoms with Gasteiger partial charge in [0.2, 0.25) is 11.8 Å². The van der Waals surface area contributed by atoms with Crippen LogP contribution in [0.15, 0.2) is 36.4 Å². The van der Waals surface area contributed by atoms with Gasteiger partial charge in [-0.3, -0.25) is 24.6 Å². The van der Waals surface area contributed by atoms with Crippen molar-refractivity contribution in [2.24, 2.45) is 17.8 Å². The van der Waals surface area contributed by atoms with E-state index in [1.165, 1.54) is 11.3 Å². The van der Waals surface area contributed by atoms with Crippen molar-refractivity contribution in [2.45, 2.75) is 69.9 Å². The molecule has 1 aromatic carbocycles. The fraction of sp³-hybridized carbons (Fsp3) is 0.577. The summed E-state index contributed by atoms with van der Waals surface area (Å²) < 4.78 is 0. The minimum Gasteiger partial charge on any atom is -0.480 e. The lowest BCUT2D eigenvalue weighted by Crippen LogP contribution is -2.57. The van der Waals surface area contributed by atoms with Crippen LogP contribution in [0.25, 0.3) is 6.08 Å². The summed E-state index contributed by atoms with van der Waals surface area (Å²) in [6, 6.07) is 9.25. The van der Waals surface area contributed by atoms with Gasteiger partial charge in [0, 0.05) is 12.6 Å². The van der Waals surface area contributed by atoms with Crippen LogP contribution in [-0.2, 0) is 14.4 Å². The van der Waals surface area contributed by atoms with Gasteiger partial charge < -0.3 is 5.11 Å². The molecule has 0 aromatic heterocycles. The Morgan fingerprint density at radius 1 is 1.16 bits per heavy atom. The first-order valence-corrected chi connectivity index (χ1v) is 12.1.